The summed E-state index contributed by atoms with van der Waals surface area (Å²) in [6.07, 6.45) is 4.94. The Kier molecular flexibility index (Phi) is 6.27. The lowest BCUT2D eigenvalue weighted by Gasteiger charge is -2.29. The highest BCUT2D eigenvalue weighted by molar-refractivity contribution is 6.05. The van der Waals surface area contributed by atoms with Crippen LogP contribution in [0.4, 0.5) is 5.82 Å². The van der Waals surface area contributed by atoms with Crippen molar-refractivity contribution in [1.29, 1.82) is 0 Å². The summed E-state index contributed by atoms with van der Waals surface area (Å²) in [5.41, 5.74) is 4.68. The molecule has 1 saturated carbocycles. The summed E-state index contributed by atoms with van der Waals surface area (Å²) in [6, 6.07) is 18.5. The van der Waals surface area contributed by atoms with Crippen LogP contribution in [0, 0.1) is 6.92 Å². The predicted octanol–water partition coefficient (Wildman–Crippen LogP) is 5.69. The minimum atomic E-state index is -0.942. The van der Waals surface area contributed by atoms with E-state index in [1.807, 2.05) is 30.3 Å². The molecule has 2 aromatic carbocycles. The Morgan fingerprint density at radius 2 is 1.88 bits per heavy atom. The molecular weight excluding hydrogens is 430 g/mol. The molecule has 0 radical (unpaired) electrons. The summed E-state index contributed by atoms with van der Waals surface area (Å²) in [7, 11) is 0. The van der Waals surface area contributed by atoms with Crippen LogP contribution < -0.4 is 5.32 Å². The van der Waals surface area contributed by atoms with Crippen molar-refractivity contribution in [3.05, 3.63) is 66.5 Å². The van der Waals surface area contributed by atoms with Crippen molar-refractivity contribution >= 4 is 22.9 Å². The van der Waals surface area contributed by atoms with E-state index < -0.39 is 5.97 Å². The van der Waals surface area contributed by atoms with Crippen LogP contribution in [0.3, 0.4) is 0 Å². The van der Waals surface area contributed by atoms with Gasteiger partial charge in [0, 0.05) is 17.2 Å². The summed E-state index contributed by atoms with van der Waals surface area (Å²) >= 11 is 0. The maximum atomic E-state index is 10.9. The van der Waals surface area contributed by atoms with Crippen molar-refractivity contribution in [2.45, 2.75) is 44.8 Å². The van der Waals surface area contributed by atoms with Crippen molar-refractivity contribution in [2.75, 3.05) is 11.9 Å². The Bertz CT molecular complexity index is 1280. The van der Waals surface area contributed by atoms with Gasteiger partial charge in [0.15, 0.2) is 0 Å². The second-order valence-electron chi connectivity index (χ2n) is 8.78. The number of aryl methyl sites for hydroxylation is 1. The standard InChI is InChI=1S/C27H27N3O4/c1-17-10-12-18(13-11-17)23-24-26(30-20-8-5-9-21(14-20)33-15-22(31)32)28-16-29-27(24)34-25(23)19-6-3-2-4-7-19/h2-4,6-7,10-13,16,20-21H,5,8-9,14-15H2,1H3,(H,31,32)(H,28,29,30)/t20-,21-/m0/s1. The molecule has 2 aromatic heterocycles. The van der Waals surface area contributed by atoms with E-state index in [0.29, 0.717) is 5.71 Å². The Morgan fingerprint density at radius 1 is 1.09 bits per heavy atom. The third-order valence-corrected chi connectivity index (χ3v) is 6.27. The third kappa shape index (κ3) is 4.65. The molecule has 0 unspecified atom stereocenters. The van der Waals surface area contributed by atoms with Gasteiger partial charge in [0.2, 0.25) is 5.71 Å². The van der Waals surface area contributed by atoms with Crippen LogP contribution in [-0.4, -0.2) is 39.8 Å². The van der Waals surface area contributed by atoms with Crippen molar-refractivity contribution < 1.29 is 19.1 Å². The molecule has 0 amide bonds. The molecule has 0 saturated heterocycles. The number of benzene rings is 2. The molecule has 5 rings (SSSR count). The number of aliphatic carboxylic acids is 1. The fourth-order valence-corrected chi connectivity index (χ4v) is 4.64. The van der Waals surface area contributed by atoms with E-state index in [0.717, 1.165) is 59.3 Å². The zero-order chi connectivity index (χ0) is 23.5. The minimum absolute atomic E-state index is 0.0829. The Morgan fingerprint density at radius 3 is 2.65 bits per heavy atom. The summed E-state index contributed by atoms with van der Waals surface area (Å²) in [6.45, 7) is 1.80. The number of carboxylic acids is 1. The number of hydrogen-bond donors (Lipinski definition) is 2. The van der Waals surface area contributed by atoms with Crippen molar-refractivity contribution in [3.8, 4) is 22.5 Å². The van der Waals surface area contributed by atoms with Gasteiger partial charge in [0.25, 0.3) is 0 Å². The minimum Gasteiger partial charge on any atom is -0.480 e. The summed E-state index contributed by atoms with van der Waals surface area (Å²) in [5.74, 6) is 0.534. The molecule has 1 aliphatic rings. The van der Waals surface area contributed by atoms with Gasteiger partial charge in [0.1, 0.15) is 24.5 Å². The number of anilines is 1. The maximum absolute atomic E-state index is 10.9. The van der Waals surface area contributed by atoms with E-state index in [9.17, 15) is 4.79 Å². The molecule has 34 heavy (non-hydrogen) atoms. The van der Waals surface area contributed by atoms with Crippen molar-refractivity contribution in [1.82, 2.24) is 9.97 Å². The number of ether oxygens (including phenoxy) is 1. The fourth-order valence-electron chi connectivity index (χ4n) is 4.64. The maximum Gasteiger partial charge on any atom is 0.329 e. The number of hydrogen-bond acceptors (Lipinski definition) is 6. The average molecular weight is 458 g/mol. The van der Waals surface area contributed by atoms with Crippen LogP contribution in [0.15, 0.2) is 65.3 Å². The molecule has 4 aromatic rings. The number of nitrogens with zero attached hydrogens (tertiary/aromatic N) is 2. The quantitative estimate of drug-likeness (QED) is 0.368. The van der Waals surface area contributed by atoms with Gasteiger partial charge in [-0.05, 0) is 38.2 Å². The fraction of sp³-hybridized carbons (Fsp3) is 0.296. The van der Waals surface area contributed by atoms with Gasteiger partial charge in [-0.1, -0.05) is 60.2 Å². The Labute approximate surface area is 197 Å². The molecule has 7 nitrogen and oxygen atoms in total. The Balaban J connectivity index is 1.55. The number of aromatic nitrogens is 2. The summed E-state index contributed by atoms with van der Waals surface area (Å²) < 4.78 is 11.9. The van der Waals surface area contributed by atoms with E-state index in [4.69, 9.17) is 14.3 Å². The van der Waals surface area contributed by atoms with Crippen LogP contribution in [0.2, 0.25) is 0 Å². The van der Waals surface area contributed by atoms with Gasteiger partial charge >= 0.3 is 5.97 Å². The first kappa shape index (κ1) is 22.1. The molecular formula is C27H27N3O4. The number of fused-ring (bicyclic) bond motifs is 1. The molecule has 1 aliphatic carbocycles. The largest absolute Gasteiger partial charge is 0.480 e. The number of carbonyl (C=O) groups is 1. The zero-order valence-corrected chi connectivity index (χ0v) is 19.0. The predicted molar refractivity (Wildman–Crippen MR) is 131 cm³/mol. The molecule has 1 fully saturated rings. The van der Waals surface area contributed by atoms with Crippen LogP contribution in [0.5, 0.6) is 0 Å². The van der Waals surface area contributed by atoms with Crippen LogP contribution >= 0.6 is 0 Å². The van der Waals surface area contributed by atoms with Crippen LogP contribution in [0.25, 0.3) is 33.6 Å². The van der Waals surface area contributed by atoms with Gasteiger partial charge in [-0.2, -0.15) is 0 Å². The first-order chi connectivity index (χ1) is 16.6. The monoisotopic (exact) mass is 457 g/mol. The smallest absolute Gasteiger partial charge is 0.329 e. The van der Waals surface area contributed by atoms with E-state index in [1.54, 1.807) is 0 Å². The van der Waals surface area contributed by atoms with Gasteiger partial charge in [-0.15, -0.1) is 0 Å². The van der Waals surface area contributed by atoms with Gasteiger partial charge in [0.05, 0.1) is 11.5 Å². The SMILES string of the molecule is Cc1ccc(-c2c(-c3ccccc3)oc3ncnc(N[C@H]4CCC[C@H](OCC(=O)O)C4)c23)cc1. The second kappa shape index (κ2) is 9.65. The van der Waals surface area contributed by atoms with Gasteiger partial charge in [-0.3, -0.25) is 0 Å². The molecule has 2 atom stereocenters. The van der Waals surface area contributed by atoms with E-state index in [1.165, 1.54) is 11.9 Å². The normalized spacial score (nSPS) is 18.1. The van der Waals surface area contributed by atoms with Gasteiger partial charge < -0.3 is 19.6 Å². The lowest BCUT2D eigenvalue weighted by Crippen LogP contribution is -2.33. The molecule has 2 heterocycles. The first-order valence-corrected chi connectivity index (χ1v) is 11.6. The highest BCUT2D eigenvalue weighted by atomic mass is 16.5. The highest BCUT2D eigenvalue weighted by Crippen LogP contribution is 2.43. The molecule has 7 heteroatoms. The molecule has 2 N–H and O–H groups in total. The number of nitrogens with one attached hydrogen (secondary N) is 1. The second-order valence-corrected chi connectivity index (χ2v) is 8.78. The average Bonchev–Trinajstić information content (AvgIpc) is 3.25. The highest BCUT2D eigenvalue weighted by Gasteiger charge is 2.26. The van der Waals surface area contributed by atoms with Gasteiger partial charge in [-0.25, -0.2) is 14.8 Å². The number of carboxylic acid groups (broad SMARTS) is 1. The number of rotatable bonds is 7. The summed E-state index contributed by atoms with van der Waals surface area (Å²) in [4.78, 5) is 19.9. The lowest BCUT2D eigenvalue weighted by molar-refractivity contribution is -0.145. The topological polar surface area (TPSA) is 97.5 Å². The lowest BCUT2D eigenvalue weighted by atomic mass is 9.92. The van der Waals surface area contributed by atoms with Crippen LogP contribution in [-0.2, 0) is 9.53 Å². The summed E-state index contributed by atoms with van der Waals surface area (Å²) in [5, 5.41) is 13.4. The van der Waals surface area contributed by atoms with Crippen molar-refractivity contribution in [2.24, 2.45) is 0 Å². The number of furan rings is 1. The van der Waals surface area contributed by atoms with Crippen LogP contribution in [0.1, 0.15) is 31.2 Å². The Hall–Kier alpha value is -3.71. The van der Waals surface area contributed by atoms with Crippen molar-refractivity contribution in [3.63, 3.8) is 0 Å². The molecule has 0 aliphatic heterocycles. The first-order valence-electron chi connectivity index (χ1n) is 11.6. The molecule has 0 bridgehead atoms. The molecule has 174 valence electrons. The molecule has 0 spiro atoms. The third-order valence-electron chi connectivity index (χ3n) is 6.27. The van der Waals surface area contributed by atoms with E-state index in [-0.39, 0.29) is 18.8 Å². The van der Waals surface area contributed by atoms with E-state index >= 15 is 0 Å². The van der Waals surface area contributed by atoms with E-state index in [2.05, 4.69) is 46.5 Å². The zero-order valence-electron chi connectivity index (χ0n) is 19.0.